The van der Waals surface area contributed by atoms with Crippen molar-refractivity contribution in [3.63, 3.8) is 0 Å². The highest BCUT2D eigenvalue weighted by Gasteiger charge is 2.41. The summed E-state index contributed by atoms with van der Waals surface area (Å²) >= 11 is 0. The second kappa shape index (κ2) is 4.28. The minimum atomic E-state index is -0.939. The highest BCUT2D eigenvalue weighted by Crippen LogP contribution is 2.26. The van der Waals surface area contributed by atoms with Crippen LogP contribution in [0.2, 0.25) is 0 Å². The van der Waals surface area contributed by atoms with E-state index >= 15 is 0 Å². The molecule has 0 atom stereocenters. The zero-order valence-electron chi connectivity index (χ0n) is 9.12. The van der Waals surface area contributed by atoms with E-state index in [1.807, 2.05) is 0 Å². The molecule has 0 aromatic heterocycles. The van der Waals surface area contributed by atoms with Gasteiger partial charge in [-0.25, -0.2) is 4.79 Å². The van der Waals surface area contributed by atoms with Crippen molar-refractivity contribution in [2.75, 3.05) is 20.2 Å². The van der Waals surface area contributed by atoms with Crippen LogP contribution in [-0.2, 0) is 9.53 Å². The van der Waals surface area contributed by atoms with Crippen LogP contribution in [0.15, 0.2) is 0 Å². The molecule has 1 saturated heterocycles. The van der Waals surface area contributed by atoms with E-state index in [1.165, 1.54) is 7.11 Å². The molecule has 0 amide bonds. The zero-order valence-corrected chi connectivity index (χ0v) is 9.12. The van der Waals surface area contributed by atoms with Gasteiger partial charge in [-0.05, 0) is 26.7 Å². The number of carbonyl (C=O) groups is 1. The molecule has 1 N–H and O–H groups in total. The van der Waals surface area contributed by atoms with Gasteiger partial charge in [0.2, 0.25) is 0 Å². The molecule has 0 saturated carbocycles. The molecule has 0 aromatic rings. The largest absolute Gasteiger partial charge is 0.479 e. The van der Waals surface area contributed by atoms with E-state index in [0.717, 1.165) is 13.1 Å². The summed E-state index contributed by atoms with van der Waals surface area (Å²) in [4.78, 5) is 13.3. The van der Waals surface area contributed by atoms with Crippen LogP contribution in [0.5, 0.6) is 0 Å². The fourth-order valence-corrected chi connectivity index (χ4v) is 1.91. The number of hydrogen-bond acceptors (Lipinski definition) is 3. The molecule has 1 rings (SSSR count). The summed E-state index contributed by atoms with van der Waals surface area (Å²) in [6.45, 7) is 5.86. The number of carboxylic acid groups (broad SMARTS) is 1. The summed E-state index contributed by atoms with van der Waals surface area (Å²) in [5.74, 6) is -0.830. The Bertz CT molecular complexity index is 207. The van der Waals surface area contributed by atoms with Gasteiger partial charge in [0.05, 0.1) is 0 Å². The molecular weight excluding hydrogens is 182 g/mol. The summed E-state index contributed by atoms with van der Waals surface area (Å²) in [6.07, 6.45) is 1.16. The lowest BCUT2D eigenvalue weighted by molar-refractivity contribution is -0.168. The highest BCUT2D eigenvalue weighted by molar-refractivity contribution is 5.77. The minimum Gasteiger partial charge on any atom is -0.479 e. The molecule has 1 aliphatic heterocycles. The Kier molecular flexibility index (Phi) is 3.50. The van der Waals surface area contributed by atoms with E-state index in [0.29, 0.717) is 18.9 Å². The molecule has 82 valence electrons. The van der Waals surface area contributed by atoms with Crippen LogP contribution in [0.25, 0.3) is 0 Å². The number of aliphatic carboxylic acids is 1. The lowest BCUT2D eigenvalue weighted by atomic mass is 9.90. The average molecular weight is 201 g/mol. The zero-order chi connectivity index (χ0) is 10.8. The first kappa shape index (κ1) is 11.5. The molecule has 4 heteroatoms. The van der Waals surface area contributed by atoms with E-state index in [-0.39, 0.29) is 0 Å². The fourth-order valence-electron chi connectivity index (χ4n) is 1.91. The van der Waals surface area contributed by atoms with Crippen LogP contribution in [0.3, 0.4) is 0 Å². The summed E-state index contributed by atoms with van der Waals surface area (Å²) < 4.78 is 5.14. The Morgan fingerprint density at radius 1 is 1.43 bits per heavy atom. The molecule has 1 fully saturated rings. The average Bonchev–Trinajstić information content (AvgIpc) is 2.17. The number of nitrogens with zero attached hydrogens (tertiary/aromatic N) is 1. The number of carboxylic acids is 1. The molecule has 0 bridgehead atoms. The second-order valence-electron chi connectivity index (χ2n) is 4.13. The smallest absolute Gasteiger partial charge is 0.336 e. The van der Waals surface area contributed by atoms with Gasteiger partial charge in [-0.3, -0.25) is 0 Å². The van der Waals surface area contributed by atoms with Crippen LogP contribution >= 0.6 is 0 Å². The summed E-state index contributed by atoms with van der Waals surface area (Å²) in [5.41, 5.74) is -0.939. The topological polar surface area (TPSA) is 49.8 Å². The lowest BCUT2D eigenvalue weighted by Crippen LogP contribution is -2.52. The Morgan fingerprint density at radius 3 is 2.21 bits per heavy atom. The van der Waals surface area contributed by atoms with Crippen LogP contribution in [0.1, 0.15) is 26.7 Å². The molecule has 0 unspecified atom stereocenters. The van der Waals surface area contributed by atoms with Gasteiger partial charge in [0.15, 0.2) is 5.60 Å². The Labute approximate surface area is 84.8 Å². The molecule has 0 aliphatic carbocycles. The molecule has 0 aromatic carbocycles. The van der Waals surface area contributed by atoms with Crippen LogP contribution in [0.4, 0.5) is 0 Å². The van der Waals surface area contributed by atoms with Crippen molar-refractivity contribution in [1.29, 1.82) is 0 Å². The summed E-state index contributed by atoms with van der Waals surface area (Å²) in [5, 5.41) is 9.07. The Balaban J connectivity index is 2.59. The second-order valence-corrected chi connectivity index (χ2v) is 4.13. The van der Waals surface area contributed by atoms with Crippen molar-refractivity contribution < 1.29 is 14.6 Å². The molecule has 0 spiro atoms. The summed E-state index contributed by atoms with van der Waals surface area (Å²) in [7, 11) is 1.49. The van der Waals surface area contributed by atoms with Gasteiger partial charge in [-0.2, -0.15) is 0 Å². The van der Waals surface area contributed by atoms with Crippen molar-refractivity contribution in [1.82, 2.24) is 4.90 Å². The SMILES string of the molecule is COC1(C(=O)O)CCN(C(C)C)CC1. The first-order valence-corrected chi connectivity index (χ1v) is 5.04. The molecule has 1 aliphatic rings. The highest BCUT2D eigenvalue weighted by atomic mass is 16.5. The van der Waals surface area contributed by atoms with Gasteiger partial charge < -0.3 is 14.7 Å². The van der Waals surface area contributed by atoms with Crippen LogP contribution in [-0.4, -0.2) is 47.8 Å². The molecule has 14 heavy (non-hydrogen) atoms. The van der Waals surface area contributed by atoms with Crippen molar-refractivity contribution in [3.05, 3.63) is 0 Å². The number of methoxy groups -OCH3 is 1. The van der Waals surface area contributed by atoms with Crippen LogP contribution < -0.4 is 0 Å². The molecule has 0 radical (unpaired) electrons. The molecule has 1 heterocycles. The third-order valence-corrected chi connectivity index (χ3v) is 3.12. The third-order valence-electron chi connectivity index (χ3n) is 3.12. The van der Waals surface area contributed by atoms with Crippen molar-refractivity contribution in [3.8, 4) is 0 Å². The van der Waals surface area contributed by atoms with Crippen molar-refractivity contribution in [2.45, 2.75) is 38.3 Å². The predicted molar refractivity (Wildman–Crippen MR) is 53.3 cm³/mol. The van der Waals surface area contributed by atoms with Gasteiger partial charge in [0.1, 0.15) is 0 Å². The van der Waals surface area contributed by atoms with E-state index in [4.69, 9.17) is 9.84 Å². The first-order chi connectivity index (χ1) is 6.52. The Hall–Kier alpha value is -0.610. The number of hydrogen-bond donors (Lipinski definition) is 1. The van der Waals surface area contributed by atoms with E-state index in [2.05, 4.69) is 18.7 Å². The first-order valence-electron chi connectivity index (χ1n) is 5.04. The maximum absolute atomic E-state index is 11.0. The van der Waals surface area contributed by atoms with Crippen LogP contribution in [0, 0.1) is 0 Å². The minimum absolute atomic E-state index is 0.485. The number of piperidine rings is 1. The number of likely N-dealkylation sites (tertiary alicyclic amines) is 1. The van der Waals surface area contributed by atoms with Crippen molar-refractivity contribution >= 4 is 5.97 Å². The van der Waals surface area contributed by atoms with Gasteiger partial charge in [0, 0.05) is 26.2 Å². The number of rotatable bonds is 3. The third kappa shape index (κ3) is 2.07. The molecular formula is C10H19NO3. The van der Waals surface area contributed by atoms with Gasteiger partial charge in [0.25, 0.3) is 0 Å². The van der Waals surface area contributed by atoms with E-state index in [9.17, 15) is 4.79 Å². The van der Waals surface area contributed by atoms with E-state index < -0.39 is 11.6 Å². The normalized spacial score (nSPS) is 22.6. The van der Waals surface area contributed by atoms with Gasteiger partial charge in [-0.15, -0.1) is 0 Å². The van der Waals surface area contributed by atoms with Gasteiger partial charge in [-0.1, -0.05) is 0 Å². The number of ether oxygens (including phenoxy) is 1. The summed E-state index contributed by atoms with van der Waals surface area (Å²) in [6, 6.07) is 0.485. The van der Waals surface area contributed by atoms with Gasteiger partial charge >= 0.3 is 5.97 Å². The quantitative estimate of drug-likeness (QED) is 0.739. The maximum Gasteiger partial charge on any atom is 0.336 e. The van der Waals surface area contributed by atoms with E-state index in [1.54, 1.807) is 0 Å². The lowest BCUT2D eigenvalue weighted by Gasteiger charge is -2.39. The van der Waals surface area contributed by atoms with Crippen molar-refractivity contribution in [2.24, 2.45) is 0 Å². The Morgan fingerprint density at radius 2 is 1.93 bits per heavy atom. The standard InChI is InChI=1S/C10H19NO3/c1-8(2)11-6-4-10(14-3,5-7-11)9(12)13/h8H,4-7H2,1-3H3,(H,12,13). The fraction of sp³-hybridized carbons (Fsp3) is 0.900. The predicted octanol–water partition coefficient (Wildman–Crippen LogP) is 0.960. The molecule has 4 nitrogen and oxygen atoms in total. The monoisotopic (exact) mass is 201 g/mol. The maximum atomic E-state index is 11.0.